The van der Waals surface area contributed by atoms with E-state index in [1.54, 1.807) is 13.3 Å². The number of nitrogens with zero attached hydrogens (tertiary/aromatic N) is 1. The number of methoxy groups -OCH3 is 1. The van der Waals surface area contributed by atoms with Gasteiger partial charge in [0, 0.05) is 23.5 Å². The topological polar surface area (TPSA) is 148 Å². The van der Waals surface area contributed by atoms with Crippen molar-refractivity contribution in [1.29, 1.82) is 0 Å². The second kappa shape index (κ2) is 8.46. The third-order valence-electron chi connectivity index (χ3n) is 4.52. The number of H-pyrrole nitrogens is 1. The van der Waals surface area contributed by atoms with Crippen LogP contribution in [0.5, 0.6) is 5.75 Å². The molecule has 1 saturated heterocycles. The molecule has 1 aromatic carbocycles. The molecule has 10 heteroatoms. The zero-order valence-corrected chi connectivity index (χ0v) is 15.3. The average Bonchev–Trinajstić information content (AvgIpc) is 3.10. The molecule has 27 heavy (non-hydrogen) atoms. The summed E-state index contributed by atoms with van der Waals surface area (Å²) < 4.78 is 10.8. The quantitative estimate of drug-likeness (QED) is 0.179. The molecule has 9 nitrogen and oxygen atoms in total. The van der Waals surface area contributed by atoms with Crippen molar-refractivity contribution in [2.75, 3.05) is 13.7 Å². The summed E-state index contributed by atoms with van der Waals surface area (Å²) in [5.41, 5.74) is 0.658. The molecule has 1 aliphatic rings. The van der Waals surface area contributed by atoms with Gasteiger partial charge in [0.05, 0.1) is 13.7 Å². The van der Waals surface area contributed by atoms with E-state index in [1.807, 2.05) is 18.2 Å². The van der Waals surface area contributed by atoms with Gasteiger partial charge < -0.3 is 40.1 Å². The van der Waals surface area contributed by atoms with Gasteiger partial charge in [0.1, 0.15) is 40.6 Å². The third-order valence-corrected chi connectivity index (χ3v) is 5.64. The lowest BCUT2D eigenvalue weighted by Gasteiger charge is -2.39. The Morgan fingerprint density at radius 3 is 2.70 bits per heavy atom. The fourth-order valence-electron chi connectivity index (χ4n) is 3.09. The minimum Gasteiger partial charge on any atom is -0.496 e. The number of fused-ring (bicyclic) bond motifs is 1. The number of hydrogen-bond acceptors (Lipinski definition) is 9. The number of benzene rings is 1. The first-order valence-corrected chi connectivity index (χ1v) is 9.19. The Hall–Kier alpha value is -1.82. The van der Waals surface area contributed by atoms with Crippen LogP contribution in [0, 0.1) is 0 Å². The van der Waals surface area contributed by atoms with Gasteiger partial charge in [0.2, 0.25) is 0 Å². The van der Waals surface area contributed by atoms with E-state index in [9.17, 15) is 25.6 Å². The zero-order valence-electron chi connectivity index (χ0n) is 14.5. The van der Waals surface area contributed by atoms with Crippen molar-refractivity contribution in [3.8, 4) is 5.75 Å². The molecular weight excluding hydrogens is 376 g/mol. The summed E-state index contributed by atoms with van der Waals surface area (Å²) in [6.45, 7) is -0.521. The first-order chi connectivity index (χ1) is 13.0. The molecule has 148 valence electrons. The molecule has 5 atom stereocenters. The third kappa shape index (κ3) is 3.91. The van der Waals surface area contributed by atoms with Gasteiger partial charge in [-0.2, -0.15) is 0 Å². The molecule has 1 aliphatic heterocycles. The zero-order chi connectivity index (χ0) is 19.6. The number of oxime groups is 1. The van der Waals surface area contributed by atoms with Gasteiger partial charge in [-0.1, -0.05) is 23.0 Å². The predicted octanol–water partition coefficient (Wildman–Crippen LogP) is 0.0398. The van der Waals surface area contributed by atoms with Crippen LogP contribution in [0.15, 0.2) is 29.6 Å². The predicted molar refractivity (Wildman–Crippen MR) is 99.1 cm³/mol. The Morgan fingerprint density at radius 2 is 2.04 bits per heavy atom. The molecule has 2 aromatic rings. The first-order valence-electron chi connectivity index (χ1n) is 8.31. The molecule has 0 aliphatic carbocycles. The molecule has 0 unspecified atom stereocenters. The van der Waals surface area contributed by atoms with Crippen molar-refractivity contribution in [3.05, 3.63) is 30.0 Å². The minimum atomic E-state index is -1.48. The maximum Gasteiger partial charge on any atom is 0.138 e. The Labute approximate surface area is 159 Å². The number of nitrogens with one attached hydrogen (secondary N) is 1. The van der Waals surface area contributed by atoms with E-state index in [0.29, 0.717) is 5.75 Å². The summed E-state index contributed by atoms with van der Waals surface area (Å²) in [6, 6.07) is 5.56. The highest BCUT2D eigenvalue weighted by atomic mass is 32.2. The van der Waals surface area contributed by atoms with Crippen molar-refractivity contribution >= 4 is 27.7 Å². The molecular formula is C17H22N2O7S. The summed E-state index contributed by atoms with van der Waals surface area (Å²) in [5, 5.41) is 52.9. The lowest BCUT2D eigenvalue weighted by Crippen LogP contribution is -2.57. The second-order valence-electron chi connectivity index (χ2n) is 6.18. The van der Waals surface area contributed by atoms with Crippen LogP contribution in [-0.4, -0.2) is 79.2 Å². The van der Waals surface area contributed by atoms with Crippen molar-refractivity contribution in [3.63, 3.8) is 0 Å². The Balaban J connectivity index is 1.79. The second-order valence-corrected chi connectivity index (χ2v) is 7.35. The lowest BCUT2D eigenvalue weighted by molar-refractivity contribution is -0.205. The van der Waals surface area contributed by atoms with Gasteiger partial charge in [-0.25, -0.2) is 0 Å². The average molecular weight is 398 g/mol. The van der Waals surface area contributed by atoms with Gasteiger partial charge in [-0.05, 0) is 17.7 Å². The maximum atomic E-state index is 10.1. The van der Waals surface area contributed by atoms with Gasteiger partial charge in [-0.3, -0.25) is 0 Å². The fourth-order valence-corrected chi connectivity index (χ4v) is 4.14. The van der Waals surface area contributed by atoms with E-state index in [4.69, 9.17) is 9.47 Å². The molecule has 3 rings (SSSR count). The van der Waals surface area contributed by atoms with Crippen LogP contribution in [0.1, 0.15) is 5.56 Å². The molecule has 0 spiro atoms. The van der Waals surface area contributed by atoms with Crippen LogP contribution < -0.4 is 4.74 Å². The molecule has 0 saturated carbocycles. The number of aliphatic hydroxyl groups is 4. The summed E-state index contributed by atoms with van der Waals surface area (Å²) in [6.07, 6.45) is -3.37. The monoisotopic (exact) mass is 398 g/mol. The molecule has 2 heterocycles. The summed E-state index contributed by atoms with van der Waals surface area (Å²) >= 11 is 0.910. The molecule has 1 fully saturated rings. The van der Waals surface area contributed by atoms with Gasteiger partial charge in [-0.15, -0.1) is 0 Å². The number of ether oxygens (including phenoxy) is 2. The van der Waals surface area contributed by atoms with Crippen molar-refractivity contribution in [1.82, 2.24) is 4.98 Å². The van der Waals surface area contributed by atoms with Crippen LogP contribution in [0.4, 0.5) is 0 Å². The number of rotatable bonds is 5. The molecule has 0 radical (unpaired) electrons. The summed E-state index contributed by atoms with van der Waals surface area (Å²) in [5.74, 6) is 0.666. The largest absolute Gasteiger partial charge is 0.496 e. The molecule has 1 aromatic heterocycles. The first kappa shape index (κ1) is 19.9. The summed E-state index contributed by atoms with van der Waals surface area (Å²) in [4.78, 5) is 3.12. The number of aromatic nitrogens is 1. The molecule has 6 N–H and O–H groups in total. The highest BCUT2D eigenvalue weighted by Crippen LogP contribution is 2.33. The number of thioether (sulfide) groups is 1. The highest BCUT2D eigenvalue weighted by molar-refractivity contribution is 8.14. The number of hydrogen-bond donors (Lipinski definition) is 6. The van der Waals surface area contributed by atoms with E-state index >= 15 is 0 Å². The number of aromatic amines is 1. The van der Waals surface area contributed by atoms with Crippen molar-refractivity contribution in [2.45, 2.75) is 36.3 Å². The Kier molecular flexibility index (Phi) is 6.25. The van der Waals surface area contributed by atoms with E-state index in [1.165, 1.54) is 0 Å². The smallest absolute Gasteiger partial charge is 0.138 e. The minimum absolute atomic E-state index is 0.219. The fraction of sp³-hybridized carbons (Fsp3) is 0.471. The van der Waals surface area contributed by atoms with Crippen LogP contribution in [0.3, 0.4) is 0 Å². The molecule has 0 amide bonds. The van der Waals surface area contributed by atoms with E-state index in [2.05, 4.69) is 10.1 Å². The summed E-state index contributed by atoms with van der Waals surface area (Å²) in [7, 11) is 1.56. The van der Waals surface area contributed by atoms with Crippen molar-refractivity contribution in [2.24, 2.45) is 5.16 Å². The SMILES string of the molecule is COc1cccc2[nH]cc(C/C(=N/O)S[C@@H]3O[C@H](CO)[C@@H](O)[C@H](O)[C@H]3O)c12. The van der Waals surface area contributed by atoms with Gasteiger partial charge in [0.25, 0.3) is 0 Å². The molecule has 0 bridgehead atoms. The van der Waals surface area contributed by atoms with E-state index < -0.39 is 36.5 Å². The van der Waals surface area contributed by atoms with Crippen molar-refractivity contribution < 1.29 is 35.1 Å². The highest BCUT2D eigenvalue weighted by Gasteiger charge is 2.44. The Bertz CT molecular complexity index is 810. The van der Waals surface area contributed by atoms with E-state index in [-0.39, 0.29) is 11.5 Å². The van der Waals surface area contributed by atoms with Crippen LogP contribution in [0.2, 0.25) is 0 Å². The van der Waals surface area contributed by atoms with Gasteiger partial charge >= 0.3 is 0 Å². The van der Waals surface area contributed by atoms with E-state index in [0.717, 1.165) is 28.2 Å². The normalized spacial score (nSPS) is 29.2. The van der Waals surface area contributed by atoms with Gasteiger partial charge in [0.15, 0.2) is 0 Å². The van der Waals surface area contributed by atoms with Crippen LogP contribution in [-0.2, 0) is 11.2 Å². The van der Waals surface area contributed by atoms with Crippen LogP contribution >= 0.6 is 11.8 Å². The van der Waals surface area contributed by atoms with Crippen LogP contribution in [0.25, 0.3) is 10.9 Å². The lowest BCUT2D eigenvalue weighted by atomic mass is 10.0. The maximum absolute atomic E-state index is 10.1. The standard InChI is InChI=1S/C17H22N2O7S/c1-25-10-4-2-3-9-13(10)8(6-18-9)5-12(19-24)27-17-16(23)15(22)14(21)11(7-20)26-17/h2-4,6,11,14-18,20-24H,5,7H2,1H3/b19-12-/t11-,14-,15+,16-,17+/m1/s1. The Morgan fingerprint density at radius 1 is 1.26 bits per heavy atom. The number of aliphatic hydroxyl groups excluding tert-OH is 4.